The van der Waals surface area contributed by atoms with E-state index in [2.05, 4.69) is 15.1 Å². The van der Waals surface area contributed by atoms with Crippen molar-refractivity contribution in [3.8, 4) is 0 Å². The van der Waals surface area contributed by atoms with E-state index in [0.717, 1.165) is 16.6 Å². The summed E-state index contributed by atoms with van der Waals surface area (Å²) in [5, 5.41) is 6.02. The molecular weight excluding hydrogens is 260 g/mol. The summed E-state index contributed by atoms with van der Waals surface area (Å²) < 4.78 is 1.71. The molecule has 0 saturated heterocycles. The van der Waals surface area contributed by atoms with E-state index in [1.807, 2.05) is 31.2 Å². The third kappa shape index (κ3) is 2.19. The zero-order valence-corrected chi connectivity index (χ0v) is 11.4. The number of thioether (sulfide) groups is 1. The second-order valence-corrected chi connectivity index (χ2v) is 5.24. The van der Waals surface area contributed by atoms with Crippen LogP contribution in [0.4, 0.5) is 0 Å². The summed E-state index contributed by atoms with van der Waals surface area (Å²) in [6, 6.07) is 7.81. The highest BCUT2D eigenvalue weighted by Gasteiger charge is 2.12. The molecule has 0 saturated carbocycles. The first-order chi connectivity index (χ1) is 9.15. The van der Waals surface area contributed by atoms with Crippen molar-refractivity contribution in [3.05, 3.63) is 30.1 Å². The van der Waals surface area contributed by atoms with Gasteiger partial charge in [-0.3, -0.25) is 4.79 Å². The fourth-order valence-corrected chi connectivity index (χ4v) is 2.64. The molecule has 96 valence electrons. The van der Waals surface area contributed by atoms with Gasteiger partial charge < -0.3 is 0 Å². The van der Waals surface area contributed by atoms with Crippen molar-refractivity contribution in [3.63, 3.8) is 0 Å². The first-order valence-electron chi connectivity index (χ1n) is 5.89. The molecule has 2 heterocycles. The number of aryl methyl sites for hydroxylation is 1. The number of para-hydroxylation sites is 1. The van der Waals surface area contributed by atoms with Crippen molar-refractivity contribution < 1.29 is 4.79 Å². The van der Waals surface area contributed by atoms with Gasteiger partial charge in [0.2, 0.25) is 0 Å². The normalized spacial score (nSPS) is 11.3. The number of carbonyl (C=O) groups excluding carboxylic acids is 1. The van der Waals surface area contributed by atoms with Gasteiger partial charge >= 0.3 is 0 Å². The molecule has 0 aliphatic rings. The van der Waals surface area contributed by atoms with Crippen LogP contribution in [0.2, 0.25) is 0 Å². The van der Waals surface area contributed by atoms with E-state index in [1.165, 1.54) is 11.8 Å². The van der Waals surface area contributed by atoms with Gasteiger partial charge in [-0.2, -0.15) is 4.52 Å². The Morgan fingerprint density at radius 1 is 1.32 bits per heavy atom. The molecule has 0 radical (unpaired) electrons. The molecule has 5 nitrogen and oxygen atoms in total. The van der Waals surface area contributed by atoms with Crippen molar-refractivity contribution in [2.75, 3.05) is 5.75 Å². The van der Waals surface area contributed by atoms with Crippen LogP contribution in [0.15, 0.2) is 29.4 Å². The Hall–Kier alpha value is -1.95. The SMILES string of the molecule is CC(=O)CSc1nc2ccccc2c2nc(C)nn12. The summed E-state index contributed by atoms with van der Waals surface area (Å²) in [5.41, 5.74) is 1.66. The molecule has 0 atom stereocenters. The van der Waals surface area contributed by atoms with Crippen molar-refractivity contribution in [2.24, 2.45) is 0 Å². The maximum absolute atomic E-state index is 11.1. The van der Waals surface area contributed by atoms with Gasteiger partial charge in [-0.25, -0.2) is 9.97 Å². The zero-order valence-electron chi connectivity index (χ0n) is 10.6. The lowest BCUT2D eigenvalue weighted by molar-refractivity contribution is -0.114. The quantitative estimate of drug-likeness (QED) is 0.540. The van der Waals surface area contributed by atoms with Gasteiger partial charge in [0.05, 0.1) is 11.3 Å². The summed E-state index contributed by atoms with van der Waals surface area (Å²) in [6.07, 6.45) is 0. The fraction of sp³-hybridized carbons (Fsp3) is 0.231. The number of aromatic nitrogens is 4. The third-order valence-electron chi connectivity index (χ3n) is 2.66. The summed E-state index contributed by atoms with van der Waals surface area (Å²) in [6.45, 7) is 3.42. The minimum absolute atomic E-state index is 0.116. The number of ketones is 1. The predicted octanol–water partition coefficient (Wildman–Crippen LogP) is 2.27. The van der Waals surface area contributed by atoms with E-state index >= 15 is 0 Å². The molecule has 3 aromatic rings. The summed E-state index contributed by atoms with van der Waals surface area (Å²) in [4.78, 5) is 20.1. The van der Waals surface area contributed by atoms with E-state index < -0.39 is 0 Å². The van der Waals surface area contributed by atoms with Crippen LogP contribution < -0.4 is 0 Å². The lowest BCUT2D eigenvalue weighted by atomic mass is 10.2. The molecule has 0 aliphatic heterocycles. The molecule has 0 aliphatic carbocycles. The number of rotatable bonds is 3. The molecule has 0 amide bonds. The van der Waals surface area contributed by atoms with E-state index in [4.69, 9.17) is 0 Å². The lowest BCUT2D eigenvalue weighted by Gasteiger charge is -2.04. The largest absolute Gasteiger partial charge is 0.299 e. The minimum Gasteiger partial charge on any atom is -0.299 e. The topological polar surface area (TPSA) is 60.2 Å². The van der Waals surface area contributed by atoms with Gasteiger partial charge in [0.15, 0.2) is 10.8 Å². The number of carbonyl (C=O) groups is 1. The van der Waals surface area contributed by atoms with Crippen LogP contribution in [0.3, 0.4) is 0 Å². The lowest BCUT2D eigenvalue weighted by Crippen LogP contribution is -2.01. The van der Waals surface area contributed by atoms with Crippen LogP contribution in [-0.2, 0) is 4.79 Å². The van der Waals surface area contributed by atoms with Crippen LogP contribution in [0, 0.1) is 6.92 Å². The maximum Gasteiger partial charge on any atom is 0.191 e. The van der Waals surface area contributed by atoms with E-state index in [-0.39, 0.29) is 5.78 Å². The Labute approximate surface area is 114 Å². The molecule has 19 heavy (non-hydrogen) atoms. The molecule has 1 aromatic carbocycles. The Morgan fingerprint density at radius 2 is 2.11 bits per heavy atom. The third-order valence-corrected chi connectivity index (χ3v) is 3.73. The summed E-state index contributed by atoms with van der Waals surface area (Å²) in [5.74, 6) is 1.20. The number of nitrogens with zero attached hydrogens (tertiary/aromatic N) is 4. The summed E-state index contributed by atoms with van der Waals surface area (Å²) >= 11 is 1.39. The second-order valence-electron chi connectivity index (χ2n) is 4.30. The molecular formula is C13H12N4OS. The van der Waals surface area contributed by atoms with Crippen LogP contribution in [-0.4, -0.2) is 31.1 Å². The van der Waals surface area contributed by atoms with Crippen LogP contribution in [0.25, 0.3) is 16.6 Å². The predicted molar refractivity (Wildman–Crippen MR) is 74.4 cm³/mol. The number of benzene rings is 1. The Balaban J connectivity index is 2.26. The Morgan fingerprint density at radius 3 is 2.89 bits per heavy atom. The van der Waals surface area contributed by atoms with Crippen LogP contribution in [0.5, 0.6) is 0 Å². The van der Waals surface area contributed by atoms with Gasteiger partial charge in [0.1, 0.15) is 11.6 Å². The van der Waals surface area contributed by atoms with Gasteiger partial charge in [0.25, 0.3) is 0 Å². The maximum atomic E-state index is 11.1. The minimum atomic E-state index is 0.116. The molecule has 0 fully saturated rings. The average molecular weight is 272 g/mol. The number of hydrogen-bond donors (Lipinski definition) is 0. The monoisotopic (exact) mass is 272 g/mol. The van der Waals surface area contributed by atoms with Crippen molar-refractivity contribution in [2.45, 2.75) is 19.0 Å². The van der Waals surface area contributed by atoms with Crippen LogP contribution in [0.1, 0.15) is 12.7 Å². The van der Waals surface area contributed by atoms with Crippen molar-refractivity contribution >= 4 is 34.1 Å². The molecule has 6 heteroatoms. The Kier molecular flexibility index (Phi) is 2.94. The molecule has 2 aromatic heterocycles. The summed E-state index contributed by atoms with van der Waals surface area (Å²) in [7, 11) is 0. The van der Waals surface area contributed by atoms with Crippen molar-refractivity contribution in [1.29, 1.82) is 0 Å². The second kappa shape index (κ2) is 4.62. The molecule has 0 N–H and O–H groups in total. The van der Waals surface area contributed by atoms with E-state index in [1.54, 1.807) is 11.4 Å². The number of fused-ring (bicyclic) bond motifs is 3. The van der Waals surface area contributed by atoms with E-state index in [0.29, 0.717) is 16.7 Å². The highest BCUT2D eigenvalue weighted by Crippen LogP contribution is 2.23. The highest BCUT2D eigenvalue weighted by molar-refractivity contribution is 7.99. The van der Waals surface area contributed by atoms with E-state index in [9.17, 15) is 4.79 Å². The zero-order chi connectivity index (χ0) is 13.4. The standard InChI is InChI=1S/C13H12N4OS/c1-8(18)7-19-13-15-11-6-4-3-5-10(11)12-14-9(2)16-17(12)13/h3-6H,7H2,1-2H3. The fourth-order valence-electron chi connectivity index (χ4n) is 1.89. The van der Waals surface area contributed by atoms with Gasteiger partial charge in [-0.15, -0.1) is 5.10 Å². The molecule has 0 unspecified atom stereocenters. The van der Waals surface area contributed by atoms with Crippen LogP contribution >= 0.6 is 11.8 Å². The molecule has 3 rings (SSSR count). The molecule has 0 spiro atoms. The van der Waals surface area contributed by atoms with Gasteiger partial charge in [-0.05, 0) is 26.0 Å². The van der Waals surface area contributed by atoms with Gasteiger partial charge in [-0.1, -0.05) is 23.9 Å². The average Bonchev–Trinajstić information content (AvgIpc) is 2.77. The first kappa shape index (κ1) is 12.1. The van der Waals surface area contributed by atoms with Gasteiger partial charge in [0, 0.05) is 5.39 Å². The number of Topliss-reactive ketones (excluding diaryl/α,β-unsaturated/α-hetero) is 1. The van der Waals surface area contributed by atoms with Crippen molar-refractivity contribution in [1.82, 2.24) is 19.6 Å². The highest BCUT2D eigenvalue weighted by atomic mass is 32.2. The first-order valence-corrected chi connectivity index (χ1v) is 6.88. The molecule has 0 bridgehead atoms. The smallest absolute Gasteiger partial charge is 0.191 e. The number of hydrogen-bond acceptors (Lipinski definition) is 5. The Bertz CT molecular complexity index is 781.